The number of carbonyl (C=O) groups is 1. The van der Waals surface area contributed by atoms with Crippen LogP contribution in [0.5, 0.6) is 11.5 Å². The van der Waals surface area contributed by atoms with E-state index in [4.69, 9.17) is 9.47 Å². The van der Waals surface area contributed by atoms with E-state index in [1.165, 1.54) is 16.7 Å². The lowest BCUT2D eigenvalue weighted by atomic mass is 9.73. The fourth-order valence-electron chi connectivity index (χ4n) is 7.05. The Hall–Kier alpha value is -4.87. The Morgan fingerprint density at radius 2 is 1.47 bits per heavy atom. The van der Waals surface area contributed by atoms with Crippen molar-refractivity contribution in [2.45, 2.75) is 31.0 Å². The number of esters is 1. The van der Waals surface area contributed by atoms with Crippen LogP contribution in [-0.4, -0.2) is 19.1 Å². The monoisotopic (exact) mass is 564 g/mol. The Labute approximate surface area is 251 Å². The van der Waals surface area contributed by atoms with Gasteiger partial charge < -0.3 is 19.7 Å². The zero-order valence-corrected chi connectivity index (χ0v) is 23.8. The number of hydrogen-bond acceptors (Lipinski definition) is 5. The fraction of sp³-hybridized carbons (Fsp3) is 0.184. The fourth-order valence-corrected chi connectivity index (χ4v) is 7.05. The van der Waals surface area contributed by atoms with Gasteiger partial charge in [0.15, 0.2) is 5.60 Å². The van der Waals surface area contributed by atoms with Gasteiger partial charge in [0.05, 0.1) is 11.1 Å². The number of ether oxygens (including phenoxy) is 2. The zero-order valence-electron chi connectivity index (χ0n) is 23.8. The summed E-state index contributed by atoms with van der Waals surface area (Å²) >= 11 is 0. The first-order valence-electron chi connectivity index (χ1n) is 15.0. The number of fused-ring (bicyclic) bond motifs is 6. The zero-order chi connectivity index (χ0) is 28.8. The van der Waals surface area contributed by atoms with Crippen LogP contribution in [0.15, 0.2) is 121 Å². The highest BCUT2D eigenvalue weighted by atomic mass is 16.6. The van der Waals surface area contributed by atoms with E-state index in [0.717, 1.165) is 60.7 Å². The first-order chi connectivity index (χ1) is 21.2. The molecule has 43 heavy (non-hydrogen) atoms. The van der Waals surface area contributed by atoms with Gasteiger partial charge in [-0.25, -0.2) is 4.79 Å². The van der Waals surface area contributed by atoms with Crippen molar-refractivity contribution in [1.29, 1.82) is 0 Å². The van der Waals surface area contributed by atoms with Crippen LogP contribution in [0.4, 0.5) is 5.69 Å². The highest BCUT2D eigenvalue weighted by molar-refractivity contribution is 5.97. The molecule has 5 aromatic rings. The molecule has 3 heterocycles. The molecular formula is C38H32N2O3. The van der Waals surface area contributed by atoms with E-state index >= 15 is 0 Å². The summed E-state index contributed by atoms with van der Waals surface area (Å²) in [4.78, 5) is 16.0. The van der Waals surface area contributed by atoms with Crippen molar-refractivity contribution in [3.05, 3.63) is 160 Å². The molecule has 2 atom stereocenters. The molecule has 212 valence electrons. The predicted octanol–water partition coefficient (Wildman–Crippen LogP) is 7.54. The van der Waals surface area contributed by atoms with Gasteiger partial charge in [0.2, 0.25) is 0 Å². The van der Waals surface area contributed by atoms with Crippen LogP contribution >= 0.6 is 0 Å². The van der Waals surface area contributed by atoms with Gasteiger partial charge in [-0.1, -0.05) is 91.0 Å². The molecule has 5 nitrogen and oxygen atoms in total. The van der Waals surface area contributed by atoms with E-state index in [9.17, 15) is 4.79 Å². The summed E-state index contributed by atoms with van der Waals surface area (Å²) < 4.78 is 13.3. The SMILES string of the molecule is O=C1OC2(c3cc(N(Cc4ccccc4)Cc4ccccc4)ccc3Oc3cccc(C4CCNC4)c32)c2ccccc21. The second-order valence-electron chi connectivity index (χ2n) is 11.6. The summed E-state index contributed by atoms with van der Waals surface area (Å²) in [6.07, 6.45) is 1.02. The number of nitrogens with one attached hydrogen (secondary N) is 1. The van der Waals surface area contributed by atoms with Crippen molar-refractivity contribution >= 4 is 11.7 Å². The topological polar surface area (TPSA) is 50.8 Å². The molecule has 1 spiro atoms. The van der Waals surface area contributed by atoms with Crippen LogP contribution in [0.25, 0.3) is 0 Å². The lowest BCUT2D eigenvalue weighted by Gasteiger charge is -2.39. The lowest BCUT2D eigenvalue weighted by molar-refractivity contribution is 0.0220. The van der Waals surface area contributed by atoms with Gasteiger partial charge in [-0.15, -0.1) is 0 Å². The smallest absolute Gasteiger partial charge is 0.340 e. The minimum Gasteiger partial charge on any atom is -0.456 e. The first kappa shape index (κ1) is 25.8. The average Bonchev–Trinajstić information content (AvgIpc) is 3.69. The highest BCUT2D eigenvalue weighted by Gasteiger charge is 2.55. The summed E-state index contributed by atoms with van der Waals surface area (Å²) in [7, 11) is 0. The number of benzene rings is 5. The molecule has 2 unspecified atom stereocenters. The van der Waals surface area contributed by atoms with E-state index in [0.29, 0.717) is 17.2 Å². The highest BCUT2D eigenvalue weighted by Crippen LogP contribution is 2.58. The molecule has 3 aliphatic rings. The maximum Gasteiger partial charge on any atom is 0.340 e. The Morgan fingerprint density at radius 3 is 2.19 bits per heavy atom. The maximum absolute atomic E-state index is 13.6. The minimum atomic E-state index is -1.10. The van der Waals surface area contributed by atoms with Gasteiger partial charge in [-0.3, -0.25) is 0 Å². The molecular weight excluding hydrogens is 532 g/mol. The minimum absolute atomic E-state index is 0.301. The third-order valence-electron chi connectivity index (χ3n) is 9.04. The third kappa shape index (κ3) is 4.31. The summed E-state index contributed by atoms with van der Waals surface area (Å²) in [5.41, 5.74) is 6.85. The Morgan fingerprint density at radius 1 is 0.744 bits per heavy atom. The van der Waals surface area contributed by atoms with E-state index < -0.39 is 5.60 Å². The first-order valence-corrected chi connectivity index (χ1v) is 15.0. The van der Waals surface area contributed by atoms with Gasteiger partial charge in [0.1, 0.15) is 11.5 Å². The number of carbonyl (C=O) groups excluding carboxylic acids is 1. The second-order valence-corrected chi connectivity index (χ2v) is 11.6. The maximum atomic E-state index is 13.6. The largest absolute Gasteiger partial charge is 0.456 e. The molecule has 0 bridgehead atoms. The molecule has 1 saturated heterocycles. The summed E-state index contributed by atoms with van der Waals surface area (Å²) in [5, 5.41) is 3.52. The number of anilines is 1. The van der Waals surface area contributed by atoms with Crippen LogP contribution in [0.3, 0.4) is 0 Å². The van der Waals surface area contributed by atoms with Crippen LogP contribution < -0.4 is 15.0 Å². The van der Waals surface area contributed by atoms with E-state index in [-0.39, 0.29) is 5.97 Å². The molecule has 1 fully saturated rings. The van der Waals surface area contributed by atoms with Gasteiger partial charge in [0.25, 0.3) is 0 Å². The Balaban J connectivity index is 1.33. The molecule has 0 radical (unpaired) electrons. The average molecular weight is 565 g/mol. The Bertz CT molecular complexity index is 1770. The third-order valence-corrected chi connectivity index (χ3v) is 9.04. The van der Waals surface area contributed by atoms with Crippen LogP contribution in [0.2, 0.25) is 0 Å². The Kier molecular flexibility index (Phi) is 6.27. The van der Waals surface area contributed by atoms with Crippen molar-refractivity contribution in [2.75, 3.05) is 18.0 Å². The lowest BCUT2D eigenvalue weighted by Crippen LogP contribution is -2.35. The van der Waals surface area contributed by atoms with Crippen LogP contribution in [0.1, 0.15) is 56.1 Å². The quantitative estimate of drug-likeness (QED) is 0.216. The van der Waals surface area contributed by atoms with E-state index in [1.807, 2.05) is 48.5 Å². The number of rotatable bonds is 6. The van der Waals surface area contributed by atoms with E-state index in [1.54, 1.807) is 0 Å². The van der Waals surface area contributed by atoms with Crippen LogP contribution in [-0.2, 0) is 23.4 Å². The van der Waals surface area contributed by atoms with Crippen molar-refractivity contribution in [2.24, 2.45) is 0 Å². The molecule has 5 heteroatoms. The van der Waals surface area contributed by atoms with Crippen molar-refractivity contribution in [1.82, 2.24) is 5.32 Å². The molecule has 0 amide bonds. The summed E-state index contributed by atoms with van der Waals surface area (Å²) in [6.45, 7) is 3.31. The molecule has 1 N–H and O–H groups in total. The molecule has 5 aromatic carbocycles. The molecule has 0 aliphatic carbocycles. The molecule has 3 aliphatic heterocycles. The van der Waals surface area contributed by atoms with Crippen molar-refractivity contribution in [3.63, 3.8) is 0 Å². The second kappa shape index (κ2) is 10.4. The molecule has 0 saturated carbocycles. The van der Waals surface area contributed by atoms with Crippen molar-refractivity contribution in [3.8, 4) is 11.5 Å². The van der Waals surface area contributed by atoms with Crippen molar-refractivity contribution < 1.29 is 14.3 Å². The number of hydrogen-bond donors (Lipinski definition) is 1. The van der Waals surface area contributed by atoms with Gasteiger partial charge in [0, 0.05) is 36.4 Å². The summed E-state index contributed by atoms with van der Waals surface area (Å²) in [6, 6.07) is 41.5. The van der Waals surface area contributed by atoms with Crippen LogP contribution in [0, 0.1) is 0 Å². The normalized spacial score (nSPS) is 19.7. The van der Waals surface area contributed by atoms with Gasteiger partial charge in [-0.2, -0.15) is 0 Å². The van der Waals surface area contributed by atoms with Gasteiger partial charge in [-0.05, 0) is 65.9 Å². The standard InChI is InChI=1S/C38H32N2O3/c41-37-31-14-7-8-16-32(31)38(43-37)33-22-29(40(24-26-10-3-1-4-11-26)25-27-12-5-2-6-13-27)18-19-34(33)42-35-17-9-15-30(36(35)38)28-20-21-39-23-28/h1-19,22,28,39H,20-21,23-25H2. The predicted molar refractivity (Wildman–Crippen MR) is 168 cm³/mol. The van der Waals surface area contributed by atoms with Gasteiger partial charge >= 0.3 is 5.97 Å². The molecule has 8 rings (SSSR count). The summed E-state index contributed by atoms with van der Waals surface area (Å²) in [5.74, 6) is 1.46. The number of nitrogens with zero attached hydrogens (tertiary/aromatic N) is 1. The molecule has 0 aromatic heterocycles. The van der Waals surface area contributed by atoms with E-state index in [2.05, 4.69) is 83.0 Å².